The Kier molecular flexibility index (Phi) is 12.1. The maximum atomic E-state index is 12.7. The van der Waals surface area contributed by atoms with Crippen LogP contribution in [-0.4, -0.2) is 25.8 Å². The molecule has 1 fully saturated rings. The van der Waals surface area contributed by atoms with Crippen molar-refractivity contribution in [2.45, 2.75) is 104 Å². The Labute approximate surface area is 182 Å². The number of unbranched alkanes of at least 4 members (excludes halogenated alkanes) is 13. The van der Waals surface area contributed by atoms with Gasteiger partial charge in [0.25, 0.3) is 0 Å². The topological polar surface area (TPSA) is 71.1 Å². The van der Waals surface area contributed by atoms with E-state index in [-0.39, 0.29) is 19.1 Å². The molecule has 30 heavy (non-hydrogen) atoms. The van der Waals surface area contributed by atoms with Crippen molar-refractivity contribution < 1.29 is 27.7 Å². The second-order valence-electron chi connectivity index (χ2n) is 8.53. The first-order valence-electron chi connectivity index (χ1n) is 12.0. The van der Waals surface area contributed by atoms with Gasteiger partial charge in [0.1, 0.15) is 12.4 Å². The average Bonchev–Trinajstić information content (AvgIpc) is 3.04. The second kappa shape index (κ2) is 14.3. The van der Waals surface area contributed by atoms with Gasteiger partial charge in [0, 0.05) is 0 Å². The van der Waals surface area contributed by atoms with Gasteiger partial charge in [0.05, 0.1) is 24.7 Å². The fourth-order valence-electron chi connectivity index (χ4n) is 4.03. The van der Waals surface area contributed by atoms with Crippen molar-refractivity contribution in [2.24, 2.45) is 5.92 Å². The molecule has 0 aromatic carbocycles. The van der Waals surface area contributed by atoms with Crippen molar-refractivity contribution >= 4 is 13.8 Å². The van der Waals surface area contributed by atoms with Crippen LogP contribution in [0.2, 0.25) is 0 Å². The molecule has 0 spiro atoms. The fraction of sp³-hybridized carbons (Fsp3) is 0.870. The van der Waals surface area contributed by atoms with E-state index >= 15 is 0 Å². The minimum absolute atomic E-state index is 0.119. The number of carbonyl (C=O) groups is 1. The van der Waals surface area contributed by atoms with Crippen molar-refractivity contribution in [3.05, 3.63) is 11.3 Å². The molecule has 1 saturated heterocycles. The van der Waals surface area contributed by atoms with Crippen molar-refractivity contribution in [3.8, 4) is 0 Å². The maximum absolute atomic E-state index is 12.7. The fourth-order valence-corrected chi connectivity index (χ4v) is 5.36. The van der Waals surface area contributed by atoms with Crippen molar-refractivity contribution in [1.82, 2.24) is 0 Å². The summed E-state index contributed by atoms with van der Waals surface area (Å²) in [5.74, 6) is -0.344. The highest BCUT2D eigenvalue weighted by Gasteiger charge is 2.42. The largest absolute Gasteiger partial charge is 0.529 e. The van der Waals surface area contributed by atoms with E-state index in [0.29, 0.717) is 17.9 Å². The van der Waals surface area contributed by atoms with Crippen LogP contribution in [0.25, 0.3) is 0 Å². The smallest absolute Gasteiger partial charge is 0.461 e. The minimum Gasteiger partial charge on any atom is -0.461 e. The summed E-state index contributed by atoms with van der Waals surface area (Å²) in [5, 5.41) is 0. The van der Waals surface area contributed by atoms with Gasteiger partial charge in [-0.2, -0.15) is 0 Å². The van der Waals surface area contributed by atoms with Gasteiger partial charge in [-0.25, -0.2) is 9.36 Å². The Bertz CT molecular complexity index is 588. The SMILES string of the molecule is CCCCCCCCCCCCCCCCO[P@@]1(=O)OC[C@@H]2COC(=O)C2=C(C)O1. The van der Waals surface area contributed by atoms with E-state index in [0.717, 1.165) is 12.8 Å². The molecule has 0 amide bonds. The number of hydrogen-bond donors (Lipinski definition) is 0. The van der Waals surface area contributed by atoms with Gasteiger partial charge < -0.3 is 9.26 Å². The highest BCUT2D eigenvalue weighted by molar-refractivity contribution is 7.48. The first kappa shape index (κ1) is 25.4. The number of allylic oxidation sites excluding steroid dienone is 1. The lowest BCUT2D eigenvalue weighted by Gasteiger charge is -2.17. The van der Waals surface area contributed by atoms with Crippen molar-refractivity contribution in [2.75, 3.05) is 19.8 Å². The summed E-state index contributed by atoms with van der Waals surface area (Å²) >= 11 is 0. The third-order valence-corrected chi connectivity index (χ3v) is 7.31. The van der Waals surface area contributed by atoms with Crippen LogP contribution in [0.1, 0.15) is 104 Å². The Hall–Kier alpha value is -0.840. The van der Waals surface area contributed by atoms with Gasteiger partial charge >= 0.3 is 13.8 Å². The molecule has 2 aliphatic heterocycles. The molecule has 2 heterocycles. The van der Waals surface area contributed by atoms with E-state index in [4.69, 9.17) is 18.3 Å². The molecule has 0 radical (unpaired) electrons. The van der Waals surface area contributed by atoms with Gasteiger partial charge in [-0.1, -0.05) is 90.4 Å². The minimum atomic E-state index is -3.65. The van der Waals surface area contributed by atoms with Crippen LogP contribution in [-0.2, 0) is 27.7 Å². The summed E-state index contributed by atoms with van der Waals surface area (Å²) in [6.45, 7) is 4.58. The van der Waals surface area contributed by atoms with Gasteiger partial charge in [0.15, 0.2) is 0 Å². The van der Waals surface area contributed by atoms with E-state index in [1.165, 1.54) is 77.0 Å². The molecule has 0 aromatic heterocycles. The molecule has 0 aliphatic carbocycles. The number of esters is 1. The molecule has 0 unspecified atom stereocenters. The van der Waals surface area contributed by atoms with Crippen LogP contribution in [0, 0.1) is 5.92 Å². The molecule has 6 nitrogen and oxygen atoms in total. The molecule has 7 heteroatoms. The number of ether oxygens (including phenoxy) is 1. The van der Waals surface area contributed by atoms with E-state index < -0.39 is 13.8 Å². The van der Waals surface area contributed by atoms with Crippen molar-refractivity contribution in [3.63, 3.8) is 0 Å². The molecular formula is C23H41O6P. The highest BCUT2D eigenvalue weighted by Crippen LogP contribution is 2.54. The predicted molar refractivity (Wildman–Crippen MR) is 118 cm³/mol. The van der Waals surface area contributed by atoms with E-state index in [9.17, 15) is 9.36 Å². The van der Waals surface area contributed by atoms with Crippen molar-refractivity contribution in [1.29, 1.82) is 0 Å². The number of rotatable bonds is 16. The predicted octanol–water partition coefficient (Wildman–Crippen LogP) is 7.09. The van der Waals surface area contributed by atoms with E-state index in [1.807, 2.05) is 0 Å². The summed E-state index contributed by atoms with van der Waals surface area (Å²) in [6, 6.07) is 0. The third kappa shape index (κ3) is 9.11. The maximum Gasteiger partial charge on any atom is 0.529 e. The molecule has 174 valence electrons. The Morgan fingerprint density at radius 1 is 0.867 bits per heavy atom. The molecule has 2 aliphatic rings. The van der Waals surface area contributed by atoms with Gasteiger partial charge in [-0.05, 0) is 13.3 Å². The number of fused-ring (bicyclic) bond motifs is 1. The second-order valence-corrected chi connectivity index (χ2v) is 10.1. The Morgan fingerprint density at radius 3 is 1.97 bits per heavy atom. The lowest BCUT2D eigenvalue weighted by atomic mass is 10.0. The van der Waals surface area contributed by atoms with Crippen LogP contribution in [0.15, 0.2) is 11.3 Å². The van der Waals surface area contributed by atoms with Crippen LogP contribution < -0.4 is 0 Å². The normalized spacial score (nSPS) is 23.8. The quantitative estimate of drug-likeness (QED) is 0.144. The third-order valence-electron chi connectivity index (χ3n) is 5.85. The van der Waals surface area contributed by atoms with Crippen LogP contribution >= 0.6 is 7.82 Å². The summed E-state index contributed by atoms with van der Waals surface area (Å²) in [6.07, 6.45) is 18.0. The number of carbonyl (C=O) groups excluding carboxylic acids is 1. The summed E-state index contributed by atoms with van der Waals surface area (Å²) < 4.78 is 33.9. The molecule has 2 atom stereocenters. The first-order valence-corrected chi connectivity index (χ1v) is 13.5. The monoisotopic (exact) mass is 444 g/mol. The Morgan fingerprint density at radius 2 is 1.40 bits per heavy atom. The zero-order valence-electron chi connectivity index (χ0n) is 19.0. The molecule has 0 bridgehead atoms. The number of phosphoric ester groups is 1. The number of phosphoric acid groups is 1. The summed E-state index contributed by atoms with van der Waals surface area (Å²) in [7, 11) is -3.65. The van der Waals surface area contributed by atoms with Gasteiger partial charge in [0.2, 0.25) is 0 Å². The first-order chi connectivity index (χ1) is 14.6. The molecule has 2 rings (SSSR count). The molecular weight excluding hydrogens is 403 g/mol. The highest BCUT2D eigenvalue weighted by atomic mass is 31.2. The molecule has 0 saturated carbocycles. The number of hydrogen-bond acceptors (Lipinski definition) is 6. The van der Waals surface area contributed by atoms with E-state index in [2.05, 4.69) is 6.92 Å². The van der Waals surface area contributed by atoms with Gasteiger partial charge in [-0.15, -0.1) is 0 Å². The Balaban J connectivity index is 1.45. The standard InChI is InChI=1S/C23H41O6P/c1-3-4-5-6-7-8-9-10-11-12-13-14-15-16-17-27-30(25)28-19-21-18-26-23(24)22(21)20(2)29-30/h21H,3-19H2,1-2H3/t21-,30-/m0/s1. The lowest BCUT2D eigenvalue weighted by molar-refractivity contribution is -0.135. The van der Waals surface area contributed by atoms with Gasteiger partial charge in [-0.3, -0.25) is 9.05 Å². The summed E-state index contributed by atoms with van der Waals surface area (Å²) in [4.78, 5) is 11.7. The zero-order chi connectivity index (χ0) is 21.7. The average molecular weight is 445 g/mol. The molecule has 0 N–H and O–H groups in total. The van der Waals surface area contributed by atoms with E-state index in [1.54, 1.807) is 6.92 Å². The lowest BCUT2D eigenvalue weighted by Crippen LogP contribution is -2.10. The molecule has 0 aromatic rings. The van der Waals surface area contributed by atoms with Crippen LogP contribution in [0.3, 0.4) is 0 Å². The summed E-state index contributed by atoms with van der Waals surface area (Å²) in [5.41, 5.74) is 0.424. The van der Waals surface area contributed by atoms with Crippen LogP contribution in [0.5, 0.6) is 0 Å². The number of cyclic esters (lactones) is 1. The zero-order valence-corrected chi connectivity index (χ0v) is 19.9. The van der Waals surface area contributed by atoms with Crippen LogP contribution in [0.4, 0.5) is 0 Å².